The van der Waals surface area contributed by atoms with Crippen LogP contribution in [0, 0.1) is 11.8 Å². The number of hydrogen-bond acceptors (Lipinski definition) is 1. The standard InChI is InChI=1S/C11H21N/c1-8(2)12-11-9-4-3-5-10(11)7-6-9/h8-12H,3-7H2,1-2H3. The molecule has 1 nitrogen and oxygen atoms in total. The molecule has 12 heavy (non-hydrogen) atoms. The van der Waals surface area contributed by atoms with E-state index in [1.165, 1.54) is 32.1 Å². The zero-order valence-corrected chi connectivity index (χ0v) is 8.34. The van der Waals surface area contributed by atoms with Crippen molar-refractivity contribution in [2.24, 2.45) is 11.8 Å². The average Bonchev–Trinajstić information content (AvgIpc) is 2.30. The van der Waals surface area contributed by atoms with Gasteiger partial charge in [0.15, 0.2) is 0 Å². The van der Waals surface area contributed by atoms with E-state index in [4.69, 9.17) is 0 Å². The molecule has 0 amide bonds. The summed E-state index contributed by atoms with van der Waals surface area (Å²) in [6.45, 7) is 4.54. The molecule has 70 valence electrons. The zero-order valence-electron chi connectivity index (χ0n) is 8.34. The maximum absolute atomic E-state index is 3.74. The van der Waals surface area contributed by atoms with Crippen molar-refractivity contribution >= 4 is 0 Å². The summed E-state index contributed by atoms with van der Waals surface area (Å²) in [4.78, 5) is 0. The van der Waals surface area contributed by atoms with Crippen LogP contribution in [0.2, 0.25) is 0 Å². The molecule has 2 aliphatic carbocycles. The minimum absolute atomic E-state index is 0.677. The first-order valence-corrected chi connectivity index (χ1v) is 5.53. The van der Waals surface area contributed by atoms with Crippen molar-refractivity contribution < 1.29 is 0 Å². The molecule has 2 unspecified atom stereocenters. The van der Waals surface area contributed by atoms with E-state index in [1.807, 2.05) is 0 Å². The second-order valence-electron chi connectivity index (χ2n) is 4.88. The van der Waals surface area contributed by atoms with Gasteiger partial charge in [-0.05, 0) is 37.5 Å². The summed E-state index contributed by atoms with van der Waals surface area (Å²) in [5.41, 5.74) is 0. The summed E-state index contributed by atoms with van der Waals surface area (Å²) in [6, 6.07) is 1.55. The van der Waals surface area contributed by atoms with Crippen LogP contribution in [-0.2, 0) is 0 Å². The molecule has 2 saturated carbocycles. The van der Waals surface area contributed by atoms with Crippen LogP contribution < -0.4 is 5.32 Å². The molecule has 2 rings (SSSR count). The third kappa shape index (κ3) is 1.52. The molecule has 2 aliphatic rings. The number of hydrogen-bond donors (Lipinski definition) is 1. The van der Waals surface area contributed by atoms with Crippen molar-refractivity contribution in [2.45, 2.75) is 58.0 Å². The van der Waals surface area contributed by atoms with E-state index < -0.39 is 0 Å². The Labute approximate surface area is 75.9 Å². The highest BCUT2D eigenvalue weighted by Gasteiger charge is 2.38. The molecular formula is C11H21N. The van der Waals surface area contributed by atoms with Gasteiger partial charge in [-0.25, -0.2) is 0 Å². The maximum atomic E-state index is 3.74. The highest BCUT2D eigenvalue weighted by Crippen LogP contribution is 2.42. The Bertz CT molecular complexity index is 137. The molecule has 0 radical (unpaired) electrons. The van der Waals surface area contributed by atoms with Crippen molar-refractivity contribution in [3.05, 3.63) is 0 Å². The predicted molar refractivity (Wildman–Crippen MR) is 52.1 cm³/mol. The van der Waals surface area contributed by atoms with Crippen LogP contribution >= 0.6 is 0 Å². The number of rotatable bonds is 2. The fourth-order valence-electron chi connectivity index (χ4n) is 3.12. The van der Waals surface area contributed by atoms with Gasteiger partial charge in [0.25, 0.3) is 0 Å². The minimum atomic E-state index is 0.677. The number of nitrogens with one attached hydrogen (secondary N) is 1. The summed E-state index contributed by atoms with van der Waals surface area (Å²) in [7, 11) is 0. The van der Waals surface area contributed by atoms with Crippen LogP contribution in [0.15, 0.2) is 0 Å². The van der Waals surface area contributed by atoms with Gasteiger partial charge in [0.1, 0.15) is 0 Å². The zero-order chi connectivity index (χ0) is 8.55. The van der Waals surface area contributed by atoms with E-state index in [9.17, 15) is 0 Å². The van der Waals surface area contributed by atoms with Gasteiger partial charge in [0.05, 0.1) is 0 Å². The van der Waals surface area contributed by atoms with Crippen LogP contribution in [-0.4, -0.2) is 12.1 Å². The highest BCUT2D eigenvalue weighted by molar-refractivity contribution is 4.94. The van der Waals surface area contributed by atoms with E-state index in [1.54, 1.807) is 0 Å². The van der Waals surface area contributed by atoms with Crippen molar-refractivity contribution in [1.82, 2.24) is 5.32 Å². The molecule has 0 saturated heterocycles. The quantitative estimate of drug-likeness (QED) is 0.666. The minimum Gasteiger partial charge on any atom is -0.311 e. The lowest BCUT2D eigenvalue weighted by Gasteiger charge is -2.32. The summed E-state index contributed by atoms with van der Waals surface area (Å²) in [5, 5.41) is 3.74. The second kappa shape index (κ2) is 3.37. The van der Waals surface area contributed by atoms with Gasteiger partial charge >= 0.3 is 0 Å². The molecule has 0 heterocycles. The molecule has 0 spiro atoms. The molecule has 2 bridgehead atoms. The first-order valence-electron chi connectivity index (χ1n) is 5.53. The highest BCUT2D eigenvalue weighted by atomic mass is 15.0. The van der Waals surface area contributed by atoms with Crippen LogP contribution in [0.25, 0.3) is 0 Å². The molecule has 0 aromatic rings. The Morgan fingerprint density at radius 3 is 2.08 bits per heavy atom. The van der Waals surface area contributed by atoms with Crippen LogP contribution in [0.4, 0.5) is 0 Å². The summed E-state index contributed by atoms with van der Waals surface area (Å²) < 4.78 is 0. The first kappa shape index (κ1) is 8.55. The van der Waals surface area contributed by atoms with Crippen molar-refractivity contribution in [2.75, 3.05) is 0 Å². The van der Waals surface area contributed by atoms with E-state index in [0.717, 1.165) is 17.9 Å². The Balaban J connectivity index is 1.96. The van der Waals surface area contributed by atoms with E-state index >= 15 is 0 Å². The topological polar surface area (TPSA) is 12.0 Å². The maximum Gasteiger partial charge on any atom is 0.0126 e. The molecule has 0 aromatic heterocycles. The first-order chi connectivity index (χ1) is 5.77. The van der Waals surface area contributed by atoms with Gasteiger partial charge in [-0.2, -0.15) is 0 Å². The van der Waals surface area contributed by atoms with E-state index in [2.05, 4.69) is 19.2 Å². The normalized spacial score (nSPS) is 40.8. The van der Waals surface area contributed by atoms with Crippen LogP contribution in [0.1, 0.15) is 46.0 Å². The van der Waals surface area contributed by atoms with Gasteiger partial charge in [-0.1, -0.05) is 20.3 Å². The van der Waals surface area contributed by atoms with Crippen molar-refractivity contribution in [3.8, 4) is 0 Å². The van der Waals surface area contributed by atoms with Crippen LogP contribution in [0.5, 0.6) is 0 Å². The predicted octanol–water partition coefficient (Wildman–Crippen LogP) is 2.56. The Hall–Kier alpha value is -0.0400. The molecule has 2 fully saturated rings. The molecule has 2 atom stereocenters. The largest absolute Gasteiger partial charge is 0.311 e. The molecular weight excluding hydrogens is 146 g/mol. The molecule has 1 N–H and O–H groups in total. The monoisotopic (exact) mass is 167 g/mol. The Morgan fingerprint density at radius 2 is 1.58 bits per heavy atom. The molecule has 0 aliphatic heterocycles. The third-order valence-corrected chi connectivity index (χ3v) is 3.60. The lowest BCUT2D eigenvalue weighted by molar-refractivity contribution is 0.243. The van der Waals surface area contributed by atoms with Gasteiger partial charge in [-0.3, -0.25) is 0 Å². The molecule has 1 heteroatoms. The lowest BCUT2D eigenvalue weighted by atomic mass is 9.84. The fraction of sp³-hybridized carbons (Fsp3) is 1.00. The van der Waals surface area contributed by atoms with Crippen LogP contribution in [0.3, 0.4) is 0 Å². The summed E-state index contributed by atoms with van der Waals surface area (Å²) in [5.74, 6) is 2.04. The molecule has 0 aromatic carbocycles. The SMILES string of the molecule is CC(C)NC1C2CCCC1CC2. The fourth-order valence-corrected chi connectivity index (χ4v) is 3.12. The van der Waals surface area contributed by atoms with E-state index in [0.29, 0.717) is 6.04 Å². The Morgan fingerprint density at radius 1 is 1.00 bits per heavy atom. The summed E-state index contributed by atoms with van der Waals surface area (Å²) >= 11 is 0. The van der Waals surface area contributed by atoms with Gasteiger partial charge in [-0.15, -0.1) is 0 Å². The smallest absolute Gasteiger partial charge is 0.0126 e. The van der Waals surface area contributed by atoms with Gasteiger partial charge in [0, 0.05) is 12.1 Å². The van der Waals surface area contributed by atoms with Crippen molar-refractivity contribution in [1.29, 1.82) is 0 Å². The van der Waals surface area contributed by atoms with Gasteiger partial charge in [0.2, 0.25) is 0 Å². The van der Waals surface area contributed by atoms with Gasteiger partial charge < -0.3 is 5.32 Å². The number of fused-ring (bicyclic) bond motifs is 2. The second-order valence-corrected chi connectivity index (χ2v) is 4.88. The lowest BCUT2D eigenvalue weighted by Crippen LogP contribution is -2.43. The third-order valence-electron chi connectivity index (χ3n) is 3.60. The van der Waals surface area contributed by atoms with E-state index in [-0.39, 0.29) is 0 Å². The average molecular weight is 167 g/mol. The summed E-state index contributed by atoms with van der Waals surface area (Å²) in [6.07, 6.45) is 7.46. The Kier molecular flexibility index (Phi) is 2.40. The van der Waals surface area contributed by atoms with Crippen molar-refractivity contribution in [3.63, 3.8) is 0 Å².